The third-order valence-electron chi connectivity index (χ3n) is 11.8. The number of rotatable bonds is 13. The zero-order valence-electron chi connectivity index (χ0n) is 29.7. The molecule has 0 aromatic rings. The molecule has 0 bridgehead atoms. The fourth-order valence-corrected chi connectivity index (χ4v) is 8.40. The average Bonchev–Trinajstić information content (AvgIpc) is 3.54. The van der Waals surface area contributed by atoms with E-state index in [0.29, 0.717) is 17.6 Å². The molecule has 2 heterocycles. The number of Topliss-reactive ketones (excluding diaryl/α,β-unsaturated/α-hetero) is 1. The third kappa shape index (κ3) is 9.53. The van der Waals surface area contributed by atoms with E-state index >= 15 is 0 Å². The normalized spacial score (nSPS) is 36.6. The molecule has 48 heavy (non-hydrogen) atoms. The van der Waals surface area contributed by atoms with Crippen LogP contribution in [0.2, 0.25) is 0 Å². The Morgan fingerprint density at radius 1 is 0.854 bits per heavy atom. The number of fused-ring (bicyclic) bond motifs is 4. The molecular weight excluding hydrogens is 600 g/mol. The van der Waals surface area contributed by atoms with E-state index in [2.05, 4.69) is 51.6 Å². The van der Waals surface area contributed by atoms with E-state index in [1.165, 1.54) is 49.7 Å². The number of unbranched alkanes of at least 4 members (excludes halogenated alkanes) is 7. The van der Waals surface area contributed by atoms with E-state index < -0.39 is 6.10 Å². The van der Waals surface area contributed by atoms with Gasteiger partial charge in [0.15, 0.2) is 5.78 Å². The molecule has 5 rings (SSSR count). The van der Waals surface area contributed by atoms with Gasteiger partial charge in [-0.2, -0.15) is 0 Å². The van der Waals surface area contributed by atoms with E-state index in [9.17, 15) is 14.7 Å². The van der Waals surface area contributed by atoms with Crippen LogP contribution in [-0.2, 0) is 19.1 Å². The van der Waals surface area contributed by atoms with Gasteiger partial charge in [0.05, 0.1) is 11.7 Å². The summed E-state index contributed by atoms with van der Waals surface area (Å²) in [6, 6.07) is 0. The smallest absolute Gasteiger partial charge is 0.334 e. The van der Waals surface area contributed by atoms with Gasteiger partial charge >= 0.3 is 5.97 Å². The van der Waals surface area contributed by atoms with Gasteiger partial charge in [-0.1, -0.05) is 70.8 Å². The topological polar surface area (TPSA) is 101 Å². The Morgan fingerprint density at radius 2 is 1.44 bits per heavy atom. The highest BCUT2D eigenvalue weighted by molar-refractivity contribution is 5.98. The first kappa shape index (κ1) is 36.6. The summed E-state index contributed by atoms with van der Waals surface area (Å²) in [4.78, 5) is 34.0. The van der Waals surface area contributed by atoms with Crippen LogP contribution < -0.4 is 0 Å². The molecule has 0 aromatic carbocycles. The van der Waals surface area contributed by atoms with Crippen LogP contribution in [0.15, 0.2) is 57.6 Å². The van der Waals surface area contributed by atoms with Crippen molar-refractivity contribution in [3.8, 4) is 0 Å². The van der Waals surface area contributed by atoms with Crippen molar-refractivity contribution in [2.45, 2.75) is 147 Å². The number of hydrogen-bond acceptors (Lipinski definition) is 7. The van der Waals surface area contributed by atoms with E-state index in [1.54, 1.807) is 0 Å². The van der Waals surface area contributed by atoms with Crippen LogP contribution in [0, 0.1) is 23.7 Å². The summed E-state index contributed by atoms with van der Waals surface area (Å²) in [5, 5.41) is 10.9. The van der Waals surface area contributed by atoms with Crippen molar-refractivity contribution < 1.29 is 24.2 Å². The fraction of sp³-hybridized carbons (Fsp3) is 0.707. The highest BCUT2D eigenvalue weighted by Gasteiger charge is 2.61. The van der Waals surface area contributed by atoms with E-state index in [4.69, 9.17) is 19.5 Å². The van der Waals surface area contributed by atoms with Gasteiger partial charge in [-0.15, -0.1) is 0 Å². The number of epoxide rings is 1. The van der Waals surface area contributed by atoms with E-state index in [1.807, 2.05) is 0 Å². The molecule has 3 aliphatic carbocycles. The molecule has 7 heteroatoms. The molecule has 5 aliphatic rings. The molecule has 0 aromatic heterocycles. The summed E-state index contributed by atoms with van der Waals surface area (Å²) in [6.45, 7) is 14.1. The standard InChI is InChI=1S/C41H60N2O5/c1-28-15-13-16-31(18-20-33-29(2)36(44)25-35(33)37(28)45)26-42-23-11-9-7-5-6-8-10-12-24-43-27-32-17-14-22-41(4)39(48-41)38-34(21-19-32)30(3)40(46)47-38/h16-17,26-28,33-35,37-39,45H,2-3,5-15,18-25H2,1,4H3/b31-16+,32-17+,42-26?,43-27?/t28-,33-,34-,35-,37+,38-,39-,41+/m0/s1. The van der Waals surface area contributed by atoms with Crippen LogP contribution in [0.5, 0.6) is 0 Å². The molecule has 264 valence electrons. The molecule has 2 aliphatic heterocycles. The summed E-state index contributed by atoms with van der Waals surface area (Å²) < 4.78 is 11.7. The highest BCUT2D eigenvalue weighted by atomic mass is 16.6. The van der Waals surface area contributed by atoms with Crippen LogP contribution in [0.25, 0.3) is 0 Å². The van der Waals surface area contributed by atoms with Crippen LogP contribution in [0.3, 0.4) is 0 Å². The Balaban J connectivity index is 0.909. The summed E-state index contributed by atoms with van der Waals surface area (Å²) in [5.41, 5.74) is 3.63. The third-order valence-corrected chi connectivity index (χ3v) is 11.8. The van der Waals surface area contributed by atoms with Gasteiger partial charge in [0, 0.05) is 43.4 Å². The van der Waals surface area contributed by atoms with Gasteiger partial charge in [0.25, 0.3) is 0 Å². The fourth-order valence-electron chi connectivity index (χ4n) is 8.40. The van der Waals surface area contributed by atoms with Gasteiger partial charge < -0.3 is 14.6 Å². The number of ether oxygens (including phenoxy) is 2. The first-order valence-electron chi connectivity index (χ1n) is 19.0. The molecule has 0 amide bonds. The zero-order valence-corrected chi connectivity index (χ0v) is 29.7. The lowest BCUT2D eigenvalue weighted by Crippen LogP contribution is -2.31. The van der Waals surface area contributed by atoms with Gasteiger partial charge in [-0.05, 0) is 106 Å². The lowest BCUT2D eigenvalue weighted by Gasteiger charge is -2.29. The maximum Gasteiger partial charge on any atom is 0.334 e. The molecule has 1 saturated carbocycles. The average molecular weight is 661 g/mol. The first-order valence-corrected chi connectivity index (χ1v) is 19.0. The van der Waals surface area contributed by atoms with E-state index in [-0.39, 0.29) is 53.2 Å². The Bertz CT molecular complexity index is 1300. The number of aliphatic hydroxyl groups excluding tert-OH is 1. The van der Waals surface area contributed by atoms with E-state index in [0.717, 1.165) is 77.3 Å². The molecule has 8 atom stereocenters. The van der Waals surface area contributed by atoms with Crippen molar-refractivity contribution >= 4 is 24.2 Å². The second-order valence-corrected chi connectivity index (χ2v) is 15.4. The molecule has 0 radical (unpaired) electrons. The van der Waals surface area contributed by atoms with Crippen molar-refractivity contribution in [1.29, 1.82) is 0 Å². The largest absolute Gasteiger partial charge is 0.455 e. The Kier molecular flexibility index (Phi) is 13.2. The minimum atomic E-state index is -0.421. The SMILES string of the molecule is C=C1C(=O)C[C@@H]2[C@H](O)[C@@H](C)CC/C=C(/C=NCCCCCCCCCCN=C/C3=C/CC[C@@]4(C)O[C@H]4[C@H]4OC(=O)C(=C)[C@@H]4CC3)CC[C@@H]12. The number of aliphatic imine (C=N–C) groups is 2. The zero-order chi connectivity index (χ0) is 34.1. The maximum absolute atomic E-state index is 12.3. The molecule has 7 nitrogen and oxygen atoms in total. The van der Waals surface area contributed by atoms with Crippen LogP contribution in [0.4, 0.5) is 0 Å². The first-order chi connectivity index (χ1) is 23.2. The van der Waals surface area contributed by atoms with Crippen molar-refractivity contribution in [1.82, 2.24) is 0 Å². The Labute approximate surface area is 289 Å². The number of nitrogens with zero attached hydrogens (tertiary/aromatic N) is 2. The Hall–Kier alpha value is -2.64. The molecule has 1 N–H and O–H groups in total. The minimum absolute atomic E-state index is 0.00194. The summed E-state index contributed by atoms with van der Waals surface area (Å²) >= 11 is 0. The molecule has 0 unspecified atom stereocenters. The van der Waals surface area contributed by atoms with Crippen molar-refractivity contribution in [3.63, 3.8) is 0 Å². The van der Waals surface area contributed by atoms with Crippen LogP contribution in [-0.4, -0.2) is 66.3 Å². The van der Waals surface area contributed by atoms with Gasteiger partial charge in [0.2, 0.25) is 0 Å². The lowest BCUT2D eigenvalue weighted by molar-refractivity contribution is -0.140. The summed E-state index contributed by atoms with van der Waals surface area (Å²) in [6.07, 6.45) is 25.6. The summed E-state index contributed by atoms with van der Waals surface area (Å²) in [7, 11) is 0. The molecule has 2 saturated heterocycles. The second-order valence-electron chi connectivity index (χ2n) is 15.4. The number of carbonyl (C=O) groups excluding carboxylic acids is 2. The molecular formula is C41H60N2O5. The van der Waals surface area contributed by atoms with Crippen molar-refractivity contribution in [2.24, 2.45) is 33.7 Å². The molecule has 0 spiro atoms. The quantitative estimate of drug-likeness (QED) is 0.0705. The Morgan fingerprint density at radius 3 is 2.08 bits per heavy atom. The summed E-state index contributed by atoms with van der Waals surface area (Å²) in [5.74, 6) is 0.217. The van der Waals surface area contributed by atoms with Crippen LogP contribution >= 0.6 is 0 Å². The number of allylic oxidation sites excluding steroid dienone is 5. The van der Waals surface area contributed by atoms with Crippen molar-refractivity contribution in [3.05, 3.63) is 47.6 Å². The maximum atomic E-state index is 12.3. The molecule has 3 fully saturated rings. The number of carbonyl (C=O) groups is 2. The minimum Gasteiger partial charge on any atom is -0.455 e. The van der Waals surface area contributed by atoms with Crippen LogP contribution in [0.1, 0.15) is 123 Å². The van der Waals surface area contributed by atoms with Gasteiger partial charge in [-0.25, -0.2) is 4.79 Å². The highest BCUT2D eigenvalue weighted by Crippen LogP contribution is 2.50. The van der Waals surface area contributed by atoms with Gasteiger partial charge in [-0.3, -0.25) is 14.8 Å². The monoisotopic (exact) mass is 660 g/mol. The van der Waals surface area contributed by atoms with Gasteiger partial charge in [0.1, 0.15) is 12.2 Å². The number of ketones is 1. The predicted octanol–water partition coefficient (Wildman–Crippen LogP) is 8.26. The number of hydrogen-bond donors (Lipinski definition) is 1. The predicted molar refractivity (Wildman–Crippen MR) is 193 cm³/mol. The van der Waals surface area contributed by atoms with Crippen molar-refractivity contribution in [2.75, 3.05) is 13.1 Å². The number of aliphatic hydroxyl groups is 1. The second kappa shape index (κ2) is 17.3. The number of esters is 1. The lowest BCUT2D eigenvalue weighted by atomic mass is 9.78.